The van der Waals surface area contributed by atoms with Gasteiger partial charge in [0, 0.05) is 84.2 Å². The van der Waals surface area contributed by atoms with Crippen molar-refractivity contribution in [2.75, 3.05) is 13.7 Å². The fraction of sp³-hybridized carbons (Fsp3) is 0.257. The van der Waals surface area contributed by atoms with Crippen molar-refractivity contribution in [2.45, 2.75) is 37.5 Å². The number of aryl methyl sites for hydroxylation is 1. The first-order valence-electron chi connectivity index (χ1n) is 15.7. The Morgan fingerprint density at radius 1 is 1.06 bits per heavy atom. The molecule has 47 heavy (non-hydrogen) atoms. The van der Waals surface area contributed by atoms with Crippen LogP contribution in [-0.4, -0.2) is 59.5 Å². The number of ether oxygens (including phenoxy) is 2. The number of hydrogen-bond acceptors (Lipinski definition) is 9. The van der Waals surface area contributed by atoms with Gasteiger partial charge in [0.25, 0.3) is 0 Å². The summed E-state index contributed by atoms with van der Waals surface area (Å²) in [6, 6.07) is 9.70. The number of imidazole rings is 2. The van der Waals surface area contributed by atoms with E-state index >= 15 is 0 Å². The van der Waals surface area contributed by atoms with Gasteiger partial charge in [-0.1, -0.05) is 0 Å². The Kier molecular flexibility index (Phi) is 6.24. The normalized spacial score (nSPS) is 22.7. The molecule has 234 valence electrons. The van der Waals surface area contributed by atoms with E-state index in [2.05, 4.69) is 37.9 Å². The highest BCUT2D eigenvalue weighted by molar-refractivity contribution is 5.82. The lowest BCUT2D eigenvalue weighted by atomic mass is 10.1. The van der Waals surface area contributed by atoms with E-state index in [9.17, 15) is 0 Å². The van der Waals surface area contributed by atoms with Gasteiger partial charge < -0.3 is 29.0 Å². The van der Waals surface area contributed by atoms with Crippen LogP contribution in [-0.2, 0) is 0 Å². The van der Waals surface area contributed by atoms with Crippen LogP contribution >= 0.6 is 0 Å². The molecule has 2 saturated carbocycles. The molecular formula is C35H32N10O2. The molecule has 6 aromatic heterocycles. The summed E-state index contributed by atoms with van der Waals surface area (Å²) in [7, 11) is 1.66. The second kappa shape index (κ2) is 10.6. The quantitative estimate of drug-likeness (QED) is 0.211. The van der Waals surface area contributed by atoms with E-state index in [1.807, 2.05) is 76.3 Å². The standard InChI is InChI=1S/C35H32N10O2/c1-20-33(42-32-12-22(46-2)6-11-44(20)32)27-15-25(27)28(16-36)34-37-8-4-21(40-34)19-47-23-5-10-43-18-30(41-31(43)13-23)26-14-24(26)29-17-39-45-9-3-7-38-35(29)45/h3-13,16-18,24-27,36,40H,14-15,19H2,1-2H3/b34-28+,36-16?. The molecule has 2 N–H and O–H groups in total. The fourth-order valence-corrected chi connectivity index (χ4v) is 6.88. The third-order valence-corrected chi connectivity index (χ3v) is 9.56. The molecule has 0 radical (unpaired) electrons. The fourth-order valence-electron chi connectivity index (χ4n) is 6.88. The van der Waals surface area contributed by atoms with Gasteiger partial charge in [-0.2, -0.15) is 5.10 Å². The molecule has 2 aliphatic carbocycles. The number of hydrogen-bond donors (Lipinski definition) is 2. The van der Waals surface area contributed by atoms with Crippen molar-refractivity contribution in [1.29, 1.82) is 5.41 Å². The summed E-state index contributed by atoms with van der Waals surface area (Å²) in [6.07, 6.45) is 18.8. The van der Waals surface area contributed by atoms with Crippen LogP contribution in [0.15, 0.2) is 95.7 Å². The van der Waals surface area contributed by atoms with Crippen LogP contribution in [0, 0.1) is 18.3 Å². The SMILES string of the molecule is COc1ccn2c(C)c(C3CC3/C(C=N)=C3\N=CC=C(COc4ccn5cc(C6CC6c6cnn7cccnc67)nc5c4)N3)nc2c1. The zero-order valence-corrected chi connectivity index (χ0v) is 25.9. The van der Waals surface area contributed by atoms with E-state index < -0.39 is 0 Å². The third-order valence-electron chi connectivity index (χ3n) is 9.56. The number of methoxy groups -OCH3 is 1. The highest BCUT2D eigenvalue weighted by atomic mass is 16.5. The van der Waals surface area contributed by atoms with Gasteiger partial charge in [0.1, 0.15) is 35.2 Å². The number of rotatable bonds is 9. The highest BCUT2D eigenvalue weighted by Crippen LogP contribution is 2.55. The summed E-state index contributed by atoms with van der Waals surface area (Å²) < 4.78 is 17.5. The van der Waals surface area contributed by atoms with Gasteiger partial charge in [-0.3, -0.25) is 0 Å². The second-order valence-corrected chi connectivity index (χ2v) is 12.4. The van der Waals surface area contributed by atoms with E-state index in [-0.39, 0.29) is 11.8 Å². The van der Waals surface area contributed by atoms with Crippen LogP contribution in [0.4, 0.5) is 0 Å². The maximum Gasteiger partial charge on any atom is 0.158 e. The molecule has 12 nitrogen and oxygen atoms in total. The Morgan fingerprint density at radius 2 is 1.96 bits per heavy atom. The molecule has 4 unspecified atom stereocenters. The number of aromatic nitrogens is 7. The van der Waals surface area contributed by atoms with E-state index in [0.717, 1.165) is 69.6 Å². The van der Waals surface area contributed by atoms with E-state index in [0.29, 0.717) is 24.3 Å². The lowest BCUT2D eigenvalue weighted by Crippen LogP contribution is -2.22. The molecule has 9 rings (SSSR count). The van der Waals surface area contributed by atoms with Crippen LogP contribution < -0.4 is 14.8 Å². The number of nitrogens with zero attached hydrogens (tertiary/aromatic N) is 8. The first kappa shape index (κ1) is 27.5. The van der Waals surface area contributed by atoms with Crippen LogP contribution in [0.1, 0.15) is 53.2 Å². The third kappa shape index (κ3) is 4.75. The van der Waals surface area contributed by atoms with Crippen molar-refractivity contribution in [3.63, 3.8) is 0 Å². The molecule has 6 aromatic rings. The monoisotopic (exact) mass is 624 g/mol. The van der Waals surface area contributed by atoms with Crippen LogP contribution in [0.2, 0.25) is 0 Å². The lowest BCUT2D eigenvalue weighted by molar-refractivity contribution is 0.344. The number of aliphatic imine (C=N–C) groups is 1. The average molecular weight is 625 g/mol. The van der Waals surface area contributed by atoms with E-state index in [4.69, 9.17) is 24.9 Å². The molecule has 7 heterocycles. The smallest absolute Gasteiger partial charge is 0.158 e. The lowest BCUT2D eigenvalue weighted by Gasteiger charge is -2.17. The Labute approximate surface area is 269 Å². The molecule has 0 saturated heterocycles. The summed E-state index contributed by atoms with van der Waals surface area (Å²) in [5.74, 6) is 3.34. The van der Waals surface area contributed by atoms with Crippen LogP contribution in [0.25, 0.3) is 16.9 Å². The van der Waals surface area contributed by atoms with Gasteiger partial charge in [-0.15, -0.1) is 0 Å². The molecule has 1 aliphatic heterocycles. The van der Waals surface area contributed by atoms with Crippen molar-refractivity contribution in [3.8, 4) is 11.5 Å². The van der Waals surface area contributed by atoms with Gasteiger partial charge >= 0.3 is 0 Å². The highest BCUT2D eigenvalue weighted by Gasteiger charge is 2.45. The van der Waals surface area contributed by atoms with E-state index in [1.165, 1.54) is 11.8 Å². The minimum absolute atomic E-state index is 0.171. The zero-order valence-electron chi connectivity index (χ0n) is 25.9. The number of allylic oxidation sites excluding steroid dienone is 2. The molecule has 0 spiro atoms. The summed E-state index contributed by atoms with van der Waals surface area (Å²) in [6.45, 7) is 2.42. The molecule has 0 bridgehead atoms. The maximum absolute atomic E-state index is 8.23. The second-order valence-electron chi connectivity index (χ2n) is 12.4. The Hall–Kier alpha value is -5.78. The Balaban J connectivity index is 0.867. The molecule has 12 heteroatoms. The minimum atomic E-state index is 0.171. The molecule has 2 fully saturated rings. The first-order chi connectivity index (χ1) is 23.1. The molecule has 0 aromatic carbocycles. The number of fused-ring (bicyclic) bond motifs is 3. The van der Waals surface area contributed by atoms with Crippen molar-refractivity contribution in [2.24, 2.45) is 10.9 Å². The molecule has 0 amide bonds. The van der Waals surface area contributed by atoms with Gasteiger partial charge in [-0.25, -0.2) is 24.5 Å². The maximum atomic E-state index is 8.23. The first-order valence-corrected chi connectivity index (χ1v) is 15.7. The van der Waals surface area contributed by atoms with Gasteiger partial charge in [0.05, 0.1) is 30.4 Å². The van der Waals surface area contributed by atoms with Crippen molar-refractivity contribution < 1.29 is 9.47 Å². The van der Waals surface area contributed by atoms with Crippen LogP contribution in [0.5, 0.6) is 11.5 Å². The average Bonchev–Trinajstić information content (AvgIpc) is 3.94. The van der Waals surface area contributed by atoms with Gasteiger partial charge in [0.15, 0.2) is 5.65 Å². The number of nitrogens with one attached hydrogen (secondary N) is 2. The molecular weight excluding hydrogens is 592 g/mol. The predicted octanol–water partition coefficient (Wildman–Crippen LogP) is 5.21. The summed E-state index contributed by atoms with van der Waals surface area (Å²) >= 11 is 0. The van der Waals surface area contributed by atoms with Crippen molar-refractivity contribution in [1.82, 2.24) is 38.7 Å². The Morgan fingerprint density at radius 3 is 2.85 bits per heavy atom. The van der Waals surface area contributed by atoms with Crippen LogP contribution in [0.3, 0.4) is 0 Å². The number of pyridine rings is 2. The molecule has 4 atom stereocenters. The summed E-state index contributed by atoms with van der Waals surface area (Å²) in [5, 5.41) is 16.1. The minimum Gasteiger partial charge on any atom is -0.497 e. The van der Waals surface area contributed by atoms with Gasteiger partial charge in [0.2, 0.25) is 0 Å². The largest absolute Gasteiger partial charge is 0.497 e. The summed E-state index contributed by atoms with van der Waals surface area (Å²) in [5.41, 5.74) is 8.79. The summed E-state index contributed by atoms with van der Waals surface area (Å²) in [4.78, 5) is 19.0. The Bertz CT molecular complexity index is 2310. The topological polar surface area (TPSA) is 131 Å². The molecule has 3 aliphatic rings. The van der Waals surface area contributed by atoms with Crippen molar-refractivity contribution in [3.05, 3.63) is 113 Å². The van der Waals surface area contributed by atoms with Gasteiger partial charge in [-0.05, 0) is 55.9 Å². The predicted molar refractivity (Wildman–Crippen MR) is 177 cm³/mol. The zero-order chi connectivity index (χ0) is 31.6. The van der Waals surface area contributed by atoms with Crippen molar-refractivity contribution >= 4 is 29.4 Å². The van der Waals surface area contributed by atoms with E-state index in [1.54, 1.807) is 13.3 Å².